The predicted molar refractivity (Wildman–Crippen MR) is 111 cm³/mol. The first-order valence-corrected chi connectivity index (χ1v) is 10.3. The number of benzene rings is 1. The van der Waals surface area contributed by atoms with E-state index < -0.39 is 0 Å². The molecule has 0 saturated heterocycles. The van der Waals surface area contributed by atoms with Crippen LogP contribution in [0.3, 0.4) is 0 Å². The van der Waals surface area contributed by atoms with Gasteiger partial charge in [0.15, 0.2) is 0 Å². The molecule has 0 aliphatic heterocycles. The lowest BCUT2D eigenvalue weighted by Gasteiger charge is -2.47. The highest BCUT2D eigenvalue weighted by Gasteiger charge is 2.44. The van der Waals surface area contributed by atoms with Gasteiger partial charge in [-0.15, -0.1) is 0 Å². The number of methoxy groups -OCH3 is 1. The number of rotatable bonds is 6. The zero-order chi connectivity index (χ0) is 19.6. The summed E-state index contributed by atoms with van der Waals surface area (Å²) < 4.78 is 7.99. The average molecular weight is 379 g/mol. The molecule has 3 atom stereocenters. The quantitative estimate of drug-likeness (QED) is 0.632. The van der Waals surface area contributed by atoms with E-state index in [2.05, 4.69) is 60.3 Å². The van der Waals surface area contributed by atoms with Crippen LogP contribution in [0.2, 0.25) is 0 Å². The molecular weight excluding hydrogens is 348 g/mol. The fourth-order valence-corrected chi connectivity index (χ4v) is 4.96. The number of nitrogens with zero attached hydrogens (tertiary/aromatic N) is 4. The highest BCUT2D eigenvalue weighted by molar-refractivity contribution is 5.78. The van der Waals surface area contributed by atoms with Crippen molar-refractivity contribution in [3.63, 3.8) is 0 Å². The molecule has 28 heavy (non-hydrogen) atoms. The van der Waals surface area contributed by atoms with E-state index in [0.29, 0.717) is 11.8 Å². The summed E-state index contributed by atoms with van der Waals surface area (Å²) in [6.07, 6.45) is 8.19. The van der Waals surface area contributed by atoms with E-state index in [0.717, 1.165) is 24.9 Å². The number of pyridine rings is 1. The smallest absolute Gasteiger partial charge is 0.137 e. The molecule has 0 unspecified atom stereocenters. The van der Waals surface area contributed by atoms with Gasteiger partial charge >= 0.3 is 0 Å². The Labute approximate surface area is 167 Å². The standard InChI is InChI=1S/C23H30N4O/c1-23(2)13-12-17(20(22(23)28-3)14-27-16-24-15-25-27)8-10-19-11-9-18-6-4-5-7-21(18)26-19/h4-7,9,11,15-17,20,22H,8,10,12-14H2,1-3H3/t17-,20+,22-/m1/s1. The molecule has 5 heteroatoms. The highest BCUT2D eigenvalue weighted by atomic mass is 16.5. The SMILES string of the molecule is CO[C@@H]1[C@@H](Cn2cncn2)[C@H](CCc2ccc3ccccc3n2)CCC1(C)C. The summed E-state index contributed by atoms with van der Waals surface area (Å²) in [5.74, 6) is 1.02. The van der Waals surface area contributed by atoms with Crippen LogP contribution in [0.1, 0.15) is 38.8 Å². The van der Waals surface area contributed by atoms with Crippen LogP contribution in [0, 0.1) is 17.3 Å². The molecule has 1 aliphatic rings. The second-order valence-corrected chi connectivity index (χ2v) is 8.76. The molecule has 2 heterocycles. The minimum absolute atomic E-state index is 0.178. The van der Waals surface area contributed by atoms with Gasteiger partial charge in [-0.1, -0.05) is 38.1 Å². The van der Waals surface area contributed by atoms with Crippen molar-refractivity contribution in [3.05, 3.63) is 54.7 Å². The van der Waals surface area contributed by atoms with Crippen LogP contribution >= 0.6 is 0 Å². The molecule has 0 spiro atoms. The van der Waals surface area contributed by atoms with Gasteiger partial charge in [-0.2, -0.15) is 5.10 Å². The van der Waals surface area contributed by atoms with Crippen molar-refractivity contribution in [2.75, 3.05) is 7.11 Å². The molecule has 0 amide bonds. The summed E-state index contributed by atoms with van der Waals surface area (Å²) in [5.41, 5.74) is 2.44. The Bertz CT molecular complexity index is 906. The summed E-state index contributed by atoms with van der Waals surface area (Å²) in [7, 11) is 1.86. The molecule has 0 N–H and O–H groups in total. The third kappa shape index (κ3) is 3.95. The third-order valence-electron chi connectivity index (χ3n) is 6.47. The summed E-state index contributed by atoms with van der Waals surface area (Å²) in [4.78, 5) is 8.99. The van der Waals surface area contributed by atoms with E-state index in [-0.39, 0.29) is 11.5 Å². The van der Waals surface area contributed by atoms with Gasteiger partial charge in [0.25, 0.3) is 0 Å². The van der Waals surface area contributed by atoms with Crippen molar-refractivity contribution in [1.29, 1.82) is 0 Å². The van der Waals surface area contributed by atoms with Gasteiger partial charge in [0.05, 0.1) is 11.6 Å². The van der Waals surface area contributed by atoms with Crippen molar-refractivity contribution < 1.29 is 4.74 Å². The molecule has 4 rings (SSSR count). The van der Waals surface area contributed by atoms with Crippen LogP contribution in [0.4, 0.5) is 0 Å². The fraction of sp³-hybridized carbons (Fsp3) is 0.522. The van der Waals surface area contributed by atoms with E-state index in [1.807, 2.05) is 18.1 Å². The molecule has 148 valence electrons. The average Bonchev–Trinajstić information content (AvgIpc) is 3.20. The van der Waals surface area contributed by atoms with Crippen molar-refractivity contribution in [1.82, 2.24) is 19.7 Å². The molecule has 1 saturated carbocycles. The lowest BCUT2D eigenvalue weighted by atomic mass is 9.63. The van der Waals surface area contributed by atoms with E-state index in [4.69, 9.17) is 9.72 Å². The summed E-state index contributed by atoms with van der Waals surface area (Å²) in [6, 6.07) is 12.7. The van der Waals surface area contributed by atoms with E-state index in [1.165, 1.54) is 23.9 Å². The van der Waals surface area contributed by atoms with E-state index in [9.17, 15) is 0 Å². The lowest BCUT2D eigenvalue weighted by Crippen LogP contribution is -2.47. The predicted octanol–water partition coefficient (Wildman–Crippen LogP) is 4.53. The first-order chi connectivity index (χ1) is 13.6. The topological polar surface area (TPSA) is 52.8 Å². The van der Waals surface area contributed by atoms with Crippen molar-refractivity contribution in [2.24, 2.45) is 17.3 Å². The van der Waals surface area contributed by atoms with Crippen LogP contribution in [0.25, 0.3) is 10.9 Å². The van der Waals surface area contributed by atoms with Crippen LogP contribution in [0.15, 0.2) is 49.1 Å². The van der Waals surface area contributed by atoms with Gasteiger partial charge in [-0.25, -0.2) is 4.98 Å². The Hall–Kier alpha value is -2.27. The fourth-order valence-electron chi connectivity index (χ4n) is 4.96. The number of hydrogen-bond acceptors (Lipinski definition) is 4. The first kappa shape index (κ1) is 19.1. The van der Waals surface area contributed by atoms with Crippen LogP contribution in [-0.2, 0) is 17.7 Å². The van der Waals surface area contributed by atoms with Crippen LogP contribution in [0.5, 0.6) is 0 Å². The van der Waals surface area contributed by atoms with Gasteiger partial charge in [0, 0.05) is 30.7 Å². The molecule has 1 aromatic carbocycles. The Balaban J connectivity index is 1.51. The Morgan fingerprint density at radius 1 is 1.18 bits per heavy atom. The van der Waals surface area contributed by atoms with Gasteiger partial charge < -0.3 is 4.74 Å². The Morgan fingerprint density at radius 3 is 2.82 bits per heavy atom. The number of hydrogen-bond donors (Lipinski definition) is 0. The molecule has 0 radical (unpaired) electrons. The van der Waals surface area contributed by atoms with E-state index >= 15 is 0 Å². The third-order valence-corrected chi connectivity index (χ3v) is 6.47. The molecule has 3 aromatic rings. The number of aromatic nitrogens is 4. The lowest BCUT2D eigenvalue weighted by molar-refractivity contribution is -0.0926. The van der Waals surface area contributed by atoms with Gasteiger partial charge in [-0.3, -0.25) is 9.67 Å². The highest BCUT2D eigenvalue weighted by Crippen LogP contribution is 2.45. The summed E-state index contributed by atoms with van der Waals surface area (Å²) in [5, 5.41) is 5.55. The molecular formula is C23H30N4O. The normalized spacial score (nSPS) is 24.5. The van der Waals surface area contributed by atoms with Crippen LogP contribution in [-0.4, -0.2) is 33.0 Å². The maximum atomic E-state index is 6.03. The molecule has 2 aromatic heterocycles. The molecule has 1 aliphatic carbocycles. The summed E-state index contributed by atoms with van der Waals surface area (Å²) >= 11 is 0. The second kappa shape index (κ2) is 8.00. The number of ether oxygens (including phenoxy) is 1. The maximum absolute atomic E-state index is 6.03. The van der Waals surface area contributed by atoms with Crippen molar-refractivity contribution >= 4 is 10.9 Å². The number of aryl methyl sites for hydroxylation is 1. The second-order valence-electron chi connectivity index (χ2n) is 8.76. The van der Waals surface area contributed by atoms with Gasteiger partial charge in [0.2, 0.25) is 0 Å². The monoisotopic (exact) mass is 378 g/mol. The summed E-state index contributed by atoms with van der Waals surface area (Å²) in [6.45, 7) is 5.52. The Kier molecular flexibility index (Phi) is 5.44. The Morgan fingerprint density at radius 2 is 2.04 bits per heavy atom. The van der Waals surface area contributed by atoms with Crippen molar-refractivity contribution in [2.45, 2.75) is 52.2 Å². The van der Waals surface area contributed by atoms with Gasteiger partial charge in [0.1, 0.15) is 12.7 Å². The molecule has 5 nitrogen and oxygen atoms in total. The number of fused-ring (bicyclic) bond motifs is 1. The minimum atomic E-state index is 0.178. The molecule has 1 fully saturated rings. The van der Waals surface area contributed by atoms with Crippen LogP contribution < -0.4 is 0 Å². The van der Waals surface area contributed by atoms with Crippen molar-refractivity contribution in [3.8, 4) is 0 Å². The van der Waals surface area contributed by atoms with Gasteiger partial charge in [-0.05, 0) is 49.1 Å². The largest absolute Gasteiger partial charge is 0.381 e. The maximum Gasteiger partial charge on any atom is 0.137 e. The van der Waals surface area contributed by atoms with E-state index in [1.54, 1.807) is 6.33 Å². The number of para-hydroxylation sites is 1. The zero-order valence-electron chi connectivity index (χ0n) is 17.1. The minimum Gasteiger partial charge on any atom is -0.381 e. The molecule has 0 bridgehead atoms. The first-order valence-electron chi connectivity index (χ1n) is 10.3. The zero-order valence-corrected chi connectivity index (χ0v) is 17.1.